The third-order valence-electron chi connectivity index (χ3n) is 5.68. The van der Waals surface area contributed by atoms with E-state index in [1.165, 1.54) is 42.1 Å². The molecule has 1 amide bonds. The molecule has 4 rings (SSSR count). The maximum atomic E-state index is 12.8. The van der Waals surface area contributed by atoms with Crippen LogP contribution in [0.3, 0.4) is 0 Å². The molecule has 0 bridgehead atoms. The molecule has 2 aliphatic carbocycles. The summed E-state index contributed by atoms with van der Waals surface area (Å²) in [6.45, 7) is 1.05. The summed E-state index contributed by atoms with van der Waals surface area (Å²) in [4.78, 5) is 14.6. The highest BCUT2D eigenvalue weighted by Crippen LogP contribution is 2.47. The minimum Gasteiger partial charge on any atom is -0.438 e. The van der Waals surface area contributed by atoms with Crippen LogP contribution in [-0.2, 0) is 10.0 Å². The van der Waals surface area contributed by atoms with E-state index in [9.17, 15) is 13.2 Å². The zero-order valence-electron chi connectivity index (χ0n) is 14.7. The molecule has 0 atom stereocenters. The van der Waals surface area contributed by atoms with E-state index in [0.717, 1.165) is 19.3 Å². The van der Waals surface area contributed by atoms with Crippen LogP contribution in [0, 0.1) is 11.8 Å². The standard InChI is InChI=1S/C18H26N2O4S/c1-19(17(13-5-6-13)14-7-8-14)18(21)15-9-10-16(24-15)25(22,23)20-11-3-2-4-12-20/h9-10,13-14,17H,2-8,11-12H2,1H3. The van der Waals surface area contributed by atoms with Crippen LogP contribution in [0.25, 0.3) is 0 Å². The first kappa shape index (κ1) is 17.1. The first-order chi connectivity index (χ1) is 12.0. The lowest BCUT2D eigenvalue weighted by Gasteiger charge is -2.27. The average Bonchev–Trinajstić information content (AvgIpc) is 3.56. The highest BCUT2D eigenvalue weighted by molar-refractivity contribution is 7.89. The van der Waals surface area contributed by atoms with Gasteiger partial charge >= 0.3 is 0 Å². The summed E-state index contributed by atoms with van der Waals surface area (Å²) in [5.74, 6) is 1.13. The molecule has 1 aliphatic heterocycles. The molecule has 6 nitrogen and oxygen atoms in total. The van der Waals surface area contributed by atoms with Gasteiger partial charge in [0, 0.05) is 26.2 Å². The van der Waals surface area contributed by atoms with E-state index < -0.39 is 10.0 Å². The fourth-order valence-corrected chi connectivity index (χ4v) is 5.44. The van der Waals surface area contributed by atoms with Gasteiger partial charge in [0.25, 0.3) is 15.9 Å². The minimum atomic E-state index is -3.63. The lowest BCUT2D eigenvalue weighted by atomic mass is 10.1. The van der Waals surface area contributed by atoms with E-state index in [1.54, 1.807) is 4.90 Å². The lowest BCUT2D eigenvalue weighted by molar-refractivity contribution is 0.0651. The van der Waals surface area contributed by atoms with Crippen LogP contribution >= 0.6 is 0 Å². The SMILES string of the molecule is CN(C(=O)c1ccc(S(=O)(=O)N2CCCCC2)o1)C(C1CC1)C1CC1. The molecule has 0 spiro atoms. The molecule has 25 heavy (non-hydrogen) atoms. The molecule has 2 saturated carbocycles. The van der Waals surface area contributed by atoms with Gasteiger partial charge in [-0.15, -0.1) is 0 Å². The quantitative estimate of drug-likeness (QED) is 0.776. The zero-order chi connectivity index (χ0) is 17.6. The van der Waals surface area contributed by atoms with E-state index in [0.29, 0.717) is 24.9 Å². The molecule has 1 saturated heterocycles. The fourth-order valence-electron chi connectivity index (χ4n) is 4.01. The second-order valence-electron chi connectivity index (χ2n) is 7.66. The largest absolute Gasteiger partial charge is 0.438 e. The summed E-state index contributed by atoms with van der Waals surface area (Å²) in [5, 5.41) is -0.111. The van der Waals surface area contributed by atoms with E-state index in [1.807, 2.05) is 7.05 Å². The van der Waals surface area contributed by atoms with Gasteiger partial charge in [-0.2, -0.15) is 4.31 Å². The average molecular weight is 366 g/mol. The van der Waals surface area contributed by atoms with Gasteiger partial charge in [-0.05, 0) is 62.5 Å². The van der Waals surface area contributed by atoms with Crippen LogP contribution in [0.15, 0.2) is 21.6 Å². The van der Waals surface area contributed by atoms with Crippen molar-refractivity contribution >= 4 is 15.9 Å². The lowest BCUT2D eigenvalue weighted by Crippen LogP contribution is -2.40. The summed E-state index contributed by atoms with van der Waals surface area (Å²) in [7, 11) is -1.81. The van der Waals surface area contributed by atoms with Gasteiger partial charge in [0.1, 0.15) is 0 Å². The Bertz CT molecular complexity index is 731. The summed E-state index contributed by atoms with van der Waals surface area (Å²) in [5.41, 5.74) is 0. The van der Waals surface area contributed by atoms with Gasteiger partial charge < -0.3 is 9.32 Å². The van der Waals surface area contributed by atoms with E-state index in [-0.39, 0.29) is 22.8 Å². The highest BCUT2D eigenvalue weighted by Gasteiger charge is 2.45. The Balaban J connectivity index is 1.51. The molecular weight excluding hydrogens is 340 g/mol. The van der Waals surface area contributed by atoms with Crippen molar-refractivity contribution in [2.24, 2.45) is 11.8 Å². The molecule has 0 aromatic carbocycles. The zero-order valence-corrected chi connectivity index (χ0v) is 15.5. The number of nitrogens with zero attached hydrogens (tertiary/aromatic N) is 2. The van der Waals surface area contributed by atoms with E-state index >= 15 is 0 Å². The first-order valence-electron chi connectivity index (χ1n) is 9.35. The van der Waals surface area contributed by atoms with Gasteiger partial charge in [-0.1, -0.05) is 6.42 Å². The summed E-state index contributed by atoms with van der Waals surface area (Å²) >= 11 is 0. The second kappa shape index (κ2) is 6.43. The van der Waals surface area contributed by atoms with Crippen molar-refractivity contribution in [2.75, 3.05) is 20.1 Å². The summed E-state index contributed by atoms with van der Waals surface area (Å²) in [6.07, 6.45) is 7.55. The summed E-state index contributed by atoms with van der Waals surface area (Å²) in [6, 6.07) is 3.21. The number of hydrogen-bond acceptors (Lipinski definition) is 4. The highest BCUT2D eigenvalue weighted by atomic mass is 32.2. The van der Waals surface area contributed by atoms with Gasteiger partial charge in [-0.3, -0.25) is 4.79 Å². The van der Waals surface area contributed by atoms with Crippen LogP contribution in [0.1, 0.15) is 55.5 Å². The fraction of sp³-hybridized carbons (Fsp3) is 0.722. The second-order valence-corrected chi connectivity index (χ2v) is 9.53. The Kier molecular flexibility index (Phi) is 4.40. The predicted octanol–water partition coefficient (Wildman–Crippen LogP) is 2.71. The molecule has 0 N–H and O–H groups in total. The first-order valence-corrected chi connectivity index (χ1v) is 10.8. The van der Waals surface area contributed by atoms with Gasteiger partial charge in [-0.25, -0.2) is 8.42 Å². The number of amides is 1. The van der Waals surface area contributed by atoms with Crippen LogP contribution in [0.4, 0.5) is 0 Å². The smallest absolute Gasteiger partial charge is 0.289 e. The van der Waals surface area contributed by atoms with Crippen molar-refractivity contribution in [3.8, 4) is 0 Å². The summed E-state index contributed by atoms with van der Waals surface area (Å²) < 4.78 is 32.3. The van der Waals surface area contributed by atoms with Gasteiger partial charge in [0.15, 0.2) is 5.76 Å². The van der Waals surface area contributed by atoms with Crippen molar-refractivity contribution in [3.05, 3.63) is 17.9 Å². The molecule has 138 valence electrons. The number of piperidine rings is 1. The third-order valence-corrected chi connectivity index (χ3v) is 7.45. The molecule has 1 aromatic rings. The number of rotatable bonds is 6. The van der Waals surface area contributed by atoms with E-state index in [2.05, 4.69) is 0 Å². The van der Waals surface area contributed by atoms with Crippen molar-refractivity contribution < 1.29 is 17.6 Å². The number of sulfonamides is 1. The minimum absolute atomic E-state index is 0.111. The molecule has 0 unspecified atom stereocenters. The molecule has 7 heteroatoms. The van der Waals surface area contributed by atoms with Gasteiger partial charge in [0.2, 0.25) is 5.09 Å². The van der Waals surface area contributed by atoms with Crippen molar-refractivity contribution in [2.45, 2.75) is 56.1 Å². The number of carbonyl (C=O) groups excluding carboxylic acids is 1. The molecule has 0 radical (unpaired) electrons. The Morgan fingerprint density at radius 1 is 1.12 bits per heavy atom. The monoisotopic (exact) mass is 366 g/mol. The van der Waals surface area contributed by atoms with Crippen LogP contribution in [0.2, 0.25) is 0 Å². The number of hydrogen-bond donors (Lipinski definition) is 0. The van der Waals surface area contributed by atoms with Crippen molar-refractivity contribution in [3.63, 3.8) is 0 Å². The molecule has 2 heterocycles. The molecular formula is C18H26N2O4S. The topological polar surface area (TPSA) is 70.8 Å². The predicted molar refractivity (Wildman–Crippen MR) is 92.6 cm³/mol. The Morgan fingerprint density at radius 2 is 1.72 bits per heavy atom. The maximum Gasteiger partial charge on any atom is 0.289 e. The van der Waals surface area contributed by atoms with Crippen LogP contribution < -0.4 is 0 Å². The molecule has 3 fully saturated rings. The van der Waals surface area contributed by atoms with Crippen LogP contribution in [0.5, 0.6) is 0 Å². The molecule has 3 aliphatic rings. The molecule has 1 aromatic heterocycles. The third kappa shape index (κ3) is 3.36. The maximum absolute atomic E-state index is 12.8. The number of furan rings is 1. The Labute approximate surface area is 149 Å². The normalized spacial score (nSPS) is 22.3. The van der Waals surface area contributed by atoms with Gasteiger partial charge in [0.05, 0.1) is 0 Å². The van der Waals surface area contributed by atoms with Crippen molar-refractivity contribution in [1.82, 2.24) is 9.21 Å². The van der Waals surface area contributed by atoms with Crippen LogP contribution in [-0.4, -0.2) is 49.7 Å². The Hall–Kier alpha value is -1.34. The number of carbonyl (C=O) groups is 1. The Morgan fingerprint density at radius 3 is 2.28 bits per heavy atom. The van der Waals surface area contributed by atoms with E-state index in [4.69, 9.17) is 4.42 Å². The van der Waals surface area contributed by atoms with Crippen molar-refractivity contribution in [1.29, 1.82) is 0 Å².